The number of guanidine groups is 1. The van der Waals surface area contributed by atoms with Crippen molar-refractivity contribution >= 4 is 17.5 Å². The number of hydrogen-bond donors (Lipinski definition) is 1. The summed E-state index contributed by atoms with van der Waals surface area (Å²) in [4.78, 5) is 15.7. The van der Waals surface area contributed by atoms with Gasteiger partial charge in [0.2, 0.25) is 0 Å². The minimum absolute atomic E-state index is 0.779. The van der Waals surface area contributed by atoms with Crippen molar-refractivity contribution in [2.24, 2.45) is 4.99 Å². The Bertz CT molecular complexity index is 703. The molecular weight excluding hydrogens is 324 g/mol. The van der Waals surface area contributed by atoms with Gasteiger partial charge in [-0.15, -0.1) is 0 Å². The highest BCUT2D eigenvalue weighted by Gasteiger charge is 2.20. The molecule has 0 bridgehead atoms. The van der Waals surface area contributed by atoms with Crippen molar-refractivity contribution in [3.05, 3.63) is 54.2 Å². The van der Waals surface area contributed by atoms with Crippen LogP contribution in [-0.2, 0) is 6.54 Å². The summed E-state index contributed by atoms with van der Waals surface area (Å²) < 4.78 is 0. The van der Waals surface area contributed by atoms with Gasteiger partial charge in [0.1, 0.15) is 5.82 Å². The Labute approximate surface area is 156 Å². The van der Waals surface area contributed by atoms with E-state index in [4.69, 9.17) is 0 Å². The van der Waals surface area contributed by atoms with Crippen LogP contribution in [0.2, 0.25) is 0 Å². The highest BCUT2D eigenvalue weighted by atomic mass is 15.4. The SMILES string of the molecule is CN=C(NCc1ccc(N(C)C)cc1)N1CCN(c2ccccn2)CC1. The van der Waals surface area contributed by atoms with Gasteiger partial charge < -0.3 is 20.0 Å². The van der Waals surface area contributed by atoms with Crippen LogP contribution in [0.5, 0.6) is 0 Å². The molecule has 1 aromatic heterocycles. The molecule has 0 unspecified atom stereocenters. The van der Waals surface area contributed by atoms with Crippen molar-refractivity contribution in [1.82, 2.24) is 15.2 Å². The molecule has 1 aromatic carbocycles. The number of pyridine rings is 1. The van der Waals surface area contributed by atoms with Crippen LogP contribution in [0.15, 0.2) is 53.7 Å². The molecule has 6 nitrogen and oxygen atoms in total. The van der Waals surface area contributed by atoms with Crippen LogP contribution in [-0.4, -0.2) is 63.2 Å². The Kier molecular flexibility index (Phi) is 5.94. The van der Waals surface area contributed by atoms with Crippen LogP contribution in [0.1, 0.15) is 5.56 Å². The Morgan fingerprint density at radius 2 is 1.81 bits per heavy atom. The first kappa shape index (κ1) is 18.0. The van der Waals surface area contributed by atoms with Gasteiger partial charge >= 0.3 is 0 Å². The van der Waals surface area contributed by atoms with Crippen LogP contribution in [0.25, 0.3) is 0 Å². The zero-order chi connectivity index (χ0) is 18.4. The first-order valence-corrected chi connectivity index (χ1v) is 9.05. The lowest BCUT2D eigenvalue weighted by atomic mass is 10.2. The van der Waals surface area contributed by atoms with E-state index < -0.39 is 0 Å². The molecule has 2 heterocycles. The summed E-state index contributed by atoms with van der Waals surface area (Å²) in [5.74, 6) is 2.01. The van der Waals surface area contributed by atoms with E-state index in [1.807, 2.05) is 25.4 Å². The van der Waals surface area contributed by atoms with Gasteiger partial charge in [-0.25, -0.2) is 4.98 Å². The second-order valence-electron chi connectivity index (χ2n) is 6.62. The highest BCUT2D eigenvalue weighted by molar-refractivity contribution is 5.80. The van der Waals surface area contributed by atoms with Crippen LogP contribution in [0, 0.1) is 0 Å². The summed E-state index contributed by atoms with van der Waals surface area (Å²) in [6.07, 6.45) is 1.85. The molecule has 0 aliphatic carbocycles. The molecule has 138 valence electrons. The molecule has 0 atom stereocenters. The number of nitrogens with one attached hydrogen (secondary N) is 1. The Morgan fingerprint density at radius 1 is 1.08 bits per heavy atom. The first-order valence-electron chi connectivity index (χ1n) is 9.05. The van der Waals surface area contributed by atoms with Gasteiger partial charge in [0.05, 0.1) is 0 Å². The molecule has 1 saturated heterocycles. The number of nitrogens with zero attached hydrogens (tertiary/aromatic N) is 5. The molecule has 0 radical (unpaired) electrons. The number of piperazine rings is 1. The van der Waals surface area contributed by atoms with Crippen LogP contribution in [0.4, 0.5) is 11.5 Å². The third-order valence-corrected chi connectivity index (χ3v) is 4.67. The maximum Gasteiger partial charge on any atom is 0.194 e. The highest BCUT2D eigenvalue weighted by Crippen LogP contribution is 2.14. The predicted molar refractivity (Wildman–Crippen MR) is 109 cm³/mol. The molecule has 0 amide bonds. The zero-order valence-electron chi connectivity index (χ0n) is 15.9. The smallest absolute Gasteiger partial charge is 0.194 e. The molecule has 1 N–H and O–H groups in total. The van der Waals surface area contributed by atoms with Gasteiger partial charge in [-0.05, 0) is 29.8 Å². The lowest BCUT2D eigenvalue weighted by Crippen LogP contribution is -2.52. The summed E-state index contributed by atoms with van der Waals surface area (Å²) in [5, 5.41) is 3.49. The summed E-state index contributed by atoms with van der Waals surface area (Å²) >= 11 is 0. The van der Waals surface area contributed by atoms with E-state index >= 15 is 0 Å². The third kappa shape index (κ3) is 4.45. The number of aromatic nitrogens is 1. The molecule has 0 spiro atoms. The Morgan fingerprint density at radius 3 is 2.38 bits per heavy atom. The van der Waals surface area contributed by atoms with Gasteiger partial charge in [-0.1, -0.05) is 18.2 Å². The fraction of sp³-hybridized carbons (Fsp3) is 0.400. The lowest BCUT2D eigenvalue weighted by Gasteiger charge is -2.37. The number of anilines is 2. The number of benzene rings is 1. The third-order valence-electron chi connectivity index (χ3n) is 4.67. The molecule has 1 fully saturated rings. The molecule has 2 aromatic rings. The molecule has 3 rings (SSSR count). The Balaban J connectivity index is 1.52. The van der Waals surface area contributed by atoms with E-state index in [1.165, 1.54) is 11.3 Å². The van der Waals surface area contributed by atoms with Crippen molar-refractivity contribution in [3.8, 4) is 0 Å². The Hall–Kier alpha value is -2.76. The standard InChI is InChI=1S/C20H28N6/c1-21-20(23-16-17-7-9-18(10-8-17)24(2)3)26-14-12-25(13-15-26)19-6-4-5-11-22-19/h4-11H,12-16H2,1-3H3,(H,21,23). The van der Waals surface area contributed by atoms with Gasteiger partial charge in [-0.2, -0.15) is 0 Å². The second-order valence-corrected chi connectivity index (χ2v) is 6.62. The van der Waals surface area contributed by atoms with E-state index in [0.29, 0.717) is 0 Å². The number of rotatable bonds is 4. The maximum absolute atomic E-state index is 4.46. The summed E-state index contributed by atoms with van der Waals surface area (Å²) in [7, 11) is 5.96. The molecule has 26 heavy (non-hydrogen) atoms. The van der Waals surface area contributed by atoms with E-state index in [9.17, 15) is 0 Å². The predicted octanol–water partition coefficient (Wildman–Crippen LogP) is 2.05. The fourth-order valence-electron chi connectivity index (χ4n) is 3.11. The topological polar surface area (TPSA) is 47.0 Å². The van der Waals surface area contributed by atoms with Crippen LogP contribution < -0.4 is 15.1 Å². The minimum Gasteiger partial charge on any atom is -0.378 e. The molecule has 1 aliphatic heterocycles. The van der Waals surface area contributed by atoms with Crippen molar-refractivity contribution in [2.45, 2.75) is 6.54 Å². The van der Waals surface area contributed by atoms with E-state index in [0.717, 1.165) is 44.5 Å². The van der Waals surface area contributed by atoms with Gasteiger partial charge in [0.25, 0.3) is 0 Å². The van der Waals surface area contributed by atoms with Gasteiger partial charge in [0.15, 0.2) is 5.96 Å². The molecule has 0 saturated carbocycles. The lowest BCUT2D eigenvalue weighted by molar-refractivity contribution is 0.371. The van der Waals surface area contributed by atoms with Crippen molar-refractivity contribution in [3.63, 3.8) is 0 Å². The molecular formula is C20H28N6. The summed E-state index contributed by atoms with van der Waals surface area (Å²) in [6, 6.07) is 14.7. The van der Waals surface area contributed by atoms with E-state index in [1.54, 1.807) is 0 Å². The molecule has 6 heteroatoms. The summed E-state index contributed by atoms with van der Waals surface area (Å²) in [6.45, 7) is 4.57. The van der Waals surface area contributed by atoms with E-state index in [2.05, 4.69) is 74.4 Å². The largest absolute Gasteiger partial charge is 0.378 e. The zero-order valence-corrected chi connectivity index (χ0v) is 15.9. The maximum atomic E-state index is 4.46. The second kappa shape index (κ2) is 8.56. The average Bonchev–Trinajstić information content (AvgIpc) is 2.70. The van der Waals surface area contributed by atoms with Crippen molar-refractivity contribution in [1.29, 1.82) is 0 Å². The average molecular weight is 352 g/mol. The van der Waals surface area contributed by atoms with Crippen molar-refractivity contribution < 1.29 is 0 Å². The van der Waals surface area contributed by atoms with Crippen molar-refractivity contribution in [2.75, 3.05) is 57.1 Å². The minimum atomic E-state index is 0.779. The van der Waals surface area contributed by atoms with Gasteiger partial charge in [-0.3, -0.25) is 4.99 Å². The summed E-state index contributed by atoms with van der Waals surface area (Å²) in [5.41, 5.74) is 2.47. The quantitative estimate of drug-likeness (QED) is 0.674. The normalized spacial score (nSPS) is 15.1. The monoisotopic (exact) mass is 352 g/mol. The number of hydrogen-bond acceptors (Lipinski definition) is 4. The number of aliphatic imine (C=N–C) groups is 1. The van der Waals surface area contributed by atoms with Crippen LogP contribution >= 0.6 is 0 Å². The van der Waals surface area contributed by atoms with Crippen LogP contribution in [0.3, 0.4) is 0 Å². The fourth-order valence-corrected chi connectivity index (χ4v) is 3.11. The van der Waals surface area contributed by atoms with E-state index in [-0.39, 0.29) is 0 Å². The first-order chi connectivity index (χ1) is 12.7. The van der Waals surface area contributed by atoms with Gasteiger partial charge in [0, 0.05) is 65.8 Å². The molecule has 1 aliphatic rings.